The van der Waals surface area contributed by atoms with E-state index in [2.05, 4.69) is 13.8 Å². The number of nitrogens with zero attached hydrogens (tertiary/aromatic N) is 1. The molecule has 4 nitrogen and oxygen atoms in total. The van der Waals surface area contributed by atoms with Gasteiger partial charge in [0, 0.05) is 28.1 Å². The van der Waals surface area contributed by atoms with Crippen molar-refractivity contribution in [2.75, 3.05) is 6.54 Å². The van der Waals surface area contributed by atoms with Crippen molar-refractivity contribution >= 4 is 37.0 Å². The van der Waals surface area contributed by atoms with Crippen molar-refractivity contribution in [2.45, 2.75) is 51.0 Å². The van der Waals surface area contributed by atoms with Gasteiger partial charge in [-0.3, -0.25) is 4.79 Å². The molecule has 0 N–H and O–H groups in total. The molecular weight excluding hydrogens is 330 g/mol. The Balaban J connectivity index is 2.21. The molecule has 2 rings (SSSR count). The smallest absolute Gasteiger partial charge is 0.264 e. The summed E-state index contributed by atoms with van der Waals surface area (Å²) in [5.74, 6) is 0.459. The molecule has 0 atom stereocenters. The van der Waals surface area contributed by atoms with Crippen molar-refractivity contribution in [3.63, 3.8) is 0 Å². The van der Waals surface area contributed by atoms with E-state index in [0.29, 0.717) is 21.7 Å². The number of rotatable bonds is 6. The van der Waals surface area contributed by atoms with Gasteiger partial charge in [-0.1, -0.05) is 13.8 Å². The van der Waals surface area contributed by atoms with Gasteiger partial charge in [-0.15, -0.1) is 11.3 Å². The lowest BCUT2D eigenvalue weighted by atomic mass is 10.1. The highest BCUT2D eigenvalue weighted by molar-refractivity contribution is 8.13. The standard InChI is InChI=1S/C14H20ClNO3S2/c1-9(2)6-7-16(11-4-5-11)14(17)12-8-13(10(3)20-12)21(15,18)19/h8-9,11H,4-7H2,1-3H3. The fourth-order valence-corrected chi connectivity index (χ4v) is 4.81. The zero-order chi connectivity index (χ0) is 15.8. The zero-order valence-corrected chi connectivity index (χ0v) is 14.8. The van der Waals surface area contributed by atoms with E-state index < -0.39 is 9.05 Å². The monoisotopic (exact) mass is 349 g/mol. The Morgan fingerprint density at radius 1 is 1.48 bits per heavy atom. The highest BCUT2D eigenvalue weighted by atomic mass is 35.7. The third-order valence-corrected chi connectivity index (χ3v) is 6.16. The van der Waals surface area contributed by atoms with Gasteiger partial charge in [-0.2, -0.15) is 0 Å². The number of carbonyl (C=O) groups is 1. The Kier molecular flexibility index (Phi) is 5.00. The summed E-state index contributed by atoms with van der Waals surface area (Å²) in [5.41, 5.74) is 0. The average molecular weight is 350 g/mol. The molecule has 1 aromatic rings. The van der Waals surface area contributed by atoms with Gasteiger partial charge in [-0.05, 0) is 38.2 Å². The van der Waals surface area contributed by atoms with Gasteiger partial charge in [0.25, 0.3) is 15.0 Å². The average Bonchev–Trinajstić information content (AvgIpc) is 3.09. The normalized spacial score (nSPS) is 15.5. The molecule has 1 heterocycles. The lowest BCUT2D eigenvalue weighted by Gasteiger charge is -2.22. The Bertz CT molecular complexity index is 633. The minimum atomic E-state index is -3.79. The zero-order valence-electron chi connectivity index (χ0n) is 12.4. The molecule has 0 aromatic carbocycles. The minimum Gasteiger partial charge on any atom is -0.335 e. The Morgan fingerprint density at radius 3 is 2.52 bits per heavy atom. The van der Waals surface area contributed by atoms with E-state index in [0.717, 1.165) is 25.8 Å². The van der Waals surface area contributed by atoms with Crippen LogP contribution in [-0.2, 0) is 9.05 Å². The van der Waals surface area contributed by atoms with Crippen LogP contribution in [0.5, 0.6) is 0 Å². The minimum absolute atomic E-state index is 0.0529. The largest absolute Gasteiger partial charge is 0.335 e. The Labute approximate surface area is 134 Å². The van der Waals surface area contributed by atoms with Gasteiger partial charge in [-0.25, -0.2) is 8.42 Å². The van der Waals surface area contributed by atoms with Gasteiger partial charge in [0.15, 0.2) is 0 Å². The number of thiophene rings is 1. The molecule has 0 aliphatic heterocycles. The number of halogens is 1. The van der Waals surface area contributed by atoms with Crippen molar-refractivity contribution in [2.24, 2.45) is 5.92 Å². The van der Waals surface area contributed by atoms with Crippen LogP contribution < -0.4 is 0 Å². The summed E-state index contributed by atoms with van der Waals surface area (Å²) in [6, 6.07) is 1.73. The summed E-state index contributed by atoms with van der Waals surface area (Å²) in [6.45, 7) is 6.65. The van der Waals surface area contributed by atoms with E-state index in [1.807, 2.05) is 4.90 Å². The van der Waals surface area contributed by atoms with Gasteiger partial charge >= 0.3 is 0 Å². The molecule has 1 amide bonds. The summed E-state index contributed by atoms with van der Waals surface area (Å²) in [7, 11) is 1.60. The van der Waals surface area contributed by atoms with Crippen LogP contribution >= 0.6 is 22.0 Å². The fraction of sp³-hybridized carbons (Fsp3) is 0.643. The predicted octanol–water partition coefficient (Wildman–Crippen LogP) is 3.63. The number of carbonyl (C=O) groups excluding carboxylic acids is 1. The number of amides is 1. The predicted molar refractivity (Wildman–Crippen MR) is 85.6 cm³/mol. The fourth-order valence-electron chi connectivity index (χ4n) is 2.19. The first-order chi connectivity index (χ1) is 9.70. The van der Waals surface area contributed by atoms with Crippen LogP contribution in [0.3, 0.4) is 0 Å². The molecule has 0 bridgehead atoms. The van der Waals surface area contributed by atoms with E-state index in [1.165, 1.54) is 17.4 Å². The summed E-state index contributed by atoms with van der Waals surface area (Å²) in [4.78, 5) is 15.6. The molecule has 21 heavy (non-hydrogen) atoms. The first-order valence-corrected chi connectivity index (χ1v) is 10.2. The first-order valence-electron chi connectivity index (χ1n) is 7.06. The second-order valence-corrected chi connectivity index (χ2v) is 9.67. The maximum Gasteiger partial charge on any atom is 0.264 e. The van der Waals surface area contributed by atoms with Gasteiger partial charge in [0.2, 0.25) is 0 Å². The highest BCUT2D eigenvalue weighted by Gasteiger charge is 2.34. The van der Waals surface area contributed by atoms with E-state index >= 15 is 0 Å². The van der Waals surface area contributed by atoms with Crippen molar-refractivity contribution in [1.82, 2.24) is 4.90 Å². The second kappa shape index (κ2) is 6.26. The summed E-state index contributed by atoms with van der Waals surface area (Å²) >= 11 is 1.20. The molecule has 0 unspecified atom stereocenters. The lowest BCUT2D eigenvalue weighted by Crippen LogP contribution is -2.34. The molecule has 118 valence electrons. The van der Waals surface area contributed by atoms with Crippen LogP contribution in [0.4, 0.5) is 0 Å². The van der Waals surface area contributed by atoms with Crippen molar-refractivity contribution in [3.8, 4) is 0 Å². The number of aryl methyl sites for hydroxylation is 1. The van der Waals surface area contributed by atoms with Crippen LogP contribution in [0.25, 0.3) is 0 Å². The van der Waals surface area contributed by atoms with Gasteiger partial charge in [0.1, 0.15) is 0 Å². The van der Waals surface area contributed by atoms with Gasteiger partial charge < -0.3 is 4.90 Å². The van der Waals surface area contributed by atoms with Crippen LogP contribution in [0, 0.1) is 12.8 Å². The molecule has 0 radical (unpaired) electrons. The number of hydrogen-bond donors (Lipinski definition) is 0. The van der Waals surface area contributed by atoms with E-state index in [-0.39, 0.29) is 10.8 Å². The maximum atomic E-state index is 12.6. The summed E-state index contributed by atoms with van der Waals surface area (Å²) in [6.07, 6.45) is 3.02. The summed E-state index contributed by atoms with van der Waals surface area (Å²) in [5, 5.41) is 0. The molecule has 1 saturated carbocycles. The Morgan fingerprint density at radius 2 is 2.10 bits per heavy atom. The molecule has 0 saturated heterocycles. The molecule has 1 fully saturated rings. The topological polar surface area (TPSA) is 54.5 Å². The first kappa shape index (κ1) is 16.8. The van der Waals surface area contributed by atoms with E-state index in [4.69, 9.17) is 10.7 Å². The van der Waals surface area contributed by atoms with Gasteiger partial charge in [0.05, 0.1) is 9.77 Å². The third kappa shape index (κ3) is 4.20. The number of hydrogen-bond acceptors (Lipinski definition) is 4. The molecular formula is C14H20ClNO3S2. The maximum absolute atomic E-state index is 12.6. The van der Waals surface area contributed by atoms with E-state index in [9.17, 15) is 13.2 Å². The Hall–Kier alpha value is -0.590. The molecule has 1 aliphatic rings. The SMILES string of the molecule is Cc1sc(C(=O)N(CCC(C)C)C2CC2)cc1S(=O)(=O)Cl. The lowest BCUT2D eigenvalue weighted by molar-refractivity contribution is 0.0740. The van der Waals surface area contributed by atoms with Crippen LogP contribution in [-0.4, -0.2) is 31.8 Å². The van der Waals surface area contributed by atoms with E-state index in [1.54, 1.807) is 6.92 Å². The molecule has 1 aromatic heterocycles. The molecule has 0 spiro atoms. The van der Waals surface area contributed by atoms with Crippen LogP contribution in [0.2, 0.25) is 0 Å². The quantitative estimate of drug-likeness (QED) is 0.737. The molecule has 7 heteroatoms. The molecule has 1 aliphatic carbocycles. The van der Waals surface area contributed by atoms with Crippen LogP contribution in [0.1, 0.15) is 47.7 Å². The van der Waals surface area contributed by atoms with Crippen molar-refractivity contribution in [1.29, 1.82) is 0 Å². The highest BCUT2D eigenvalue weighted by Crippen LogP contribution is 2.33. The van der Waals surface area contributed by atoms with Crippen molar-refractivity contribution in [3.05, 3.63) is 15.8 Å². The van der Waals surface area contributed by atoms with Crippen LogP contribution in [0.15, 0.2) is 11.0 Å². The van der Waals surface area contributed by atoms with Crippen molar-refractivity contribution < 1.29 is 13.2 Å². The summed E-state index contributed by atoms with van der Waals surface area (Å²) < 4.78 is 22.9. The second-order valence-electron chi connectivity index (χ2n) is 5.88. The third-order valence-electron chi connectivity index (χ3n) is 3.54.